The Labute approximate surface area is 138 Å². The van der Waals surface area contributed by atoms with Gasteiger partial charge >= 0.3 is 0 Å². The largest absolute Gasteiger partial charge is 0.399 e. The Bertz CT molecular complexity index is 784. The van der Waals surface area contributed by atoms with Crippen molar-refractivity contribution >= 4 is 22.9 Å². The van der Waals surface area contributed by atoms with Gasteiger partial charge in [0.25, 0.3) is 0 Å². The molecular formula is C17H16N4OS. The highest BCUT2D eigenvalue weighted by Gasteiger charge is 2.09. The molecule has 0 aliphatic heterocycles. The number of hydrogen-bond donors (Lipinski definition) is 2. The van der Waals surface area contributed by atoms with Crippen LogP contribution in [-0.2, 0) is 17.8 Å². The van der Waals surface area contributed by atoms with Crippen molar-refractivity contribution in [2.45, 2.75) is 13.0 Å². The number of carbonyl (C=O) groups excluding carboxylic acids is 1. The molecule has 116 valence electrons. The molecule has 23 heavy (non-hydrogen) atoms. The first-order chi connectivity index (χ1) is 11.2. The van der Waals surface area contributed by atoms with E-state index in [1.54, 1.807) is 12.4 Å². The first-order valence-corrected chi connectivity index (χ1v) is 8.04. The molecule has 0 bridgehead atoms. The van der Waals surface area contributed by atoms with E-state index in [-0.39, 0.29) is 12.3 Å². The topological polar surface area (TPSA) is 80.9 Å². The van der Waals surface area contributed by atoms with Gasteiger partial charge in [0.2, 0.25) is 5.91 Å². The van der Waals surface area contributed by atoms with E-state index in [0.717, 1.165) is 27.5 Å². The third-order valence-electron chi connectivity index (χ3n) is 3.29. The van der Waals surface area contributed by atoms with Crippen LogP contribution >= 0.6 is 11.3 Å². The molecule has 0 radical (unpaired) electrons. The highest BCUT2D eigenvalue weighted by atomic mass is 32.1. The molecule has 2 heterocycles. The van der Waals surface area contributed by atoms with E-state index in [1.165, 1.54) is 11.3 Å². The van der Waals surface area contributed by atoms with Gasteiger partial charge in [-0.15, -0.1) is 11.3 Å². The summed E-state index contributed by atoms with van der Waals surface area (Å²) >= 11 is 1.52. The summed E-state index contributed by atoms with van der Waals surface area (Å²) in [4.78, 5) is 20.5. The molecule has 0 fully saturated rings. The molecule has 5 nitrogen and oxygen atoms in total. The average Bonchev–Trinajstić information content (AvgIpc) is 3.03. The first kappa shape index (κ1) is 15.2. The number of thiazole rings is 1. The zero-order chi connectivity index (χ0) is 16.1. The minimum atomic E-state index is -0.0454. The minimum Gasteiger partial charge on any atom is -0.399 e. The zero-order valence-corrected chi connectivity index (χ0v) is 13.2. The van der Waals surface area contributed by atoms with Gasteiger partial charge in [0.1, 0.15) is 5.01 Å². The number of nitrogen functional groups attached to an aromatic ring is 1. The van der Waals surface area contributed by atoms with Gasteiger partial charge in [-0.05, 0) is 42.0 Å². The second-order valence-corrected chi connectivity index (χ2v) is 5.93. The Morgan fingerprint density at radius 2 is 1.87 bits per heavy atom. The minimum absolute atomic E-state index is 0.0454. The van der Waals surface area contributed by atoms with Crippen molar-refractivity contribution in [3.05, 3.63) is 65.4 Å². The van der Waals surface area contributed by atoms with E-state index >= 15 is 0 Å². The molecule has 0 spiro atoms. The smallest absolute Gasteiger partial charge is 0.226 e. The number of carbonyl (C=O) groups is 1. The maximum absolute atomic E-state index is 12.0. The molecule has 0 saturated heterocycles. The number of hydrogen-bond acceptors (Lipinski definition) is 5. The van der Waals surface area contributed by atoms with Gasteiger partial charge in [-0.25, -0.2) is 4.98 Å². The molecule has 3 N–H and O–H groups in total. The number of nitrogens with two attached hydrogens (primary N) is 1. The number of nitrogens with zero attached hydrogens (tertiary/aromatic N) is 2. The molecular weight excluding hydrogens is 308 g/mol. The van der Waals surface area contributed by atoms with E-state index in [2.05, 4.69) is 15.3 Å². The predicted molar refractivity (Wildman–Crippen MR) is 91.8 cm³/mol. The Hall–Kier alpha value is -2.73. The lowest BCUT2D eigenvalue weighted by Crippen LogP contribution is -2.24. The second kappa shape index (κ2) is 7.02. The van der Waals surface area contributed by atoms with Crippen LogP contribution in [0, 0.1) is 0 Å². The third-order valence-corrected chi connectivity index (χ3v) is 4.23. The third kappa shape index (κ3) is 4.14. The number of amides is 1. The highest BCUT2D eigenvalue weighted by molar-refractivity contribution is 7.13. The fourth-order valence-electron chi connectivity index (χ4n) is 2.07. The molecule has 3 rings (SSSR count). The molecule has 0 atom stereocenters. The Kier molecular flexibility index (Phi) is 4.63. The molecule has 0 unspecified atom stereocenters. The maximum atomic E-state index is 12.0. The lowest BCUT2D eigenvalue weighted by atomic mass is 10.2. The fourth-order valence-corrected chi connectivity index (χ4v) is 2.90. The standard InChI is InChI=1S/C17H16N4OS/c18-14-3-1-13(2-4-14)17-21-15(11-23-17)9-16(22)20-10-12-5-7-19-8-6-12/h1-8,11H,9-10,18H2,(H,20,22). The number of aromatic nitrogens is 2. The van der Waals surface area contributed by atoms with Gasteiger partial charge in [-0.1, -0.05) is 0 Å². The zero-order valence-electron chi connectivity index (χ0n) is 12.4. The van der Waals surface area contributed by atoms with Crippen molar-refractivity contribution in [3.63, 3.8) is 0 Å². The van der Waals surface area contributed by atoms with E-state index in [4.69, 9.17) is 5.73 Å². The number of nitrogens with one attached hydrogen (secondary N) is 1. The van der Waals surface area contributed by atoms with Crippen molar-refractivity contribution < 1.29 is 4.79 Å². The average molecular weight is 324 g/mol. The Morgan fingerprint density at radius 1 is 1.13 bits per heavy atom. The van der Waals surface area contributed by atoms with Gasteiger partial charge in [-0.2, -0.15) is 0 Å². The molecule has 2 aromatic heterocycles. The van der Waals surface area contributed by atoms with E-state index in [9.17, 15) is 4.79 Å². The van der Waals surface area contributed by atoms with Crippen molar-refractivity contribution in [3.8, 4) is 10.6 Å². The van der Waals surface area contributed by atoms with Crippen LogP contribution in [0.15, 0.2) is 54.2 Å². The van der Waals surface area contributed by atoms with Crippen molar-refractivity contribution in [1.82, 2.24) is 15.3 Å². The highest BCUT2D eigenvalue weighted by Crippen LogP contribution is 2.24. The van der Waals surface area contributed by atoms with Crippen LogP contribution in [0.5, 0.6) is 0 Å². The van der Waals surface area contributed by atoms with Crippen LogP contribution in [0.2, 0.25) is 0 Å². The van der Waals surface area contributed by atoms with Crippen molar-refractivity contribution in [2.75, 3.05) is 5.73 Å². The summed E-state index contributed by atoms with van der Waals surface area (Å²) in [6.07, 6.45) is 3.69. The van der Waals surface area contributed by atoms with Crippen molar-refractivity contribution in [2.24, 2.45) is 0 Å². The summed E-state index contributed by atoms with van der Waals surface area (Å²) in [5.41, 5.74) is 9.21. The van der Waals surface area contributed by atoms with Crippen LogP contribution in [0.1, 0.15) is 11.3 Å². The lowest BCUT2D eigenvalue weighted by Gasteiger charge is -2.03. The predicted octanol–water partition coefficient (Wildman–Crippen LogP) is 2.65. The van der Waals surface area contributed by atoms with E-state index < -0.39 is 0 Å². The summed E-state index contributed by atoms with van der Waals surface area (Å²) in [5.74, 6) is -0.0454. The summed E-state index contributed by atoms with van der Waals surface area (Å²) in [5, 5.41) is 5.69. The van der Waals surface area contributed by atoms with Gasteiger partial charge in [0.15, 0.2) is 0 Å². The summed E-state index contributed by atoms with van der Waals surface area (Å²) < 4.78 is 0. The SMILES string of the molecule is Nc1ccc(-c2nc(CC(=O)NCc3ccncc3)cs2)cc1. The van der Waals surface area contributed by atoms with Crippen LogP contribution in [0.4, 0.5) is 5.69 Å². The van der Waals surface area contributed by atoms with Gasteiger partial charge in [0.05, 0.1) is 12.1 Å². The van der Waals surface area contributed by atoms with E-state index in [0.29, 0.717) is 6.54 Å². The number of anilines is 1. The van der Waals surface area contributed by atoms with Crippen LogP contribution in [0.25, 0.3) is 10.6 Å². The van der Waals surface area contributed by atoms with Crippen molar-refractivity contribution in [1.29, 1.82) is 0 Å². The van der Waals surface area contributed by atoms with Gasteiger partial charge in [0, 0.05) is 35.6 Å². The molecule has 6 heteroatoms. The quantitative estimate of drug-likeness (QED) is 0.707. The Balaban J connectivity index is 1.58. The summed E-state index contributed by atoms with van der Waals surface area (Å²) in [6, 6.07) is 11.3. The number of benzene rings is 1. The Morgan fingerprint density at radius 3 is 2.61 bits per heavy atom. The normalized spacial score (nSPS) is 10.4. The monoisotopic (exact) mass is 324 g/mol. The number of rotatable bonds is 5. The first-order valence-electron chi connectivity index (χ1n) is 7.16. The summed E-state index contributed by atoms with van der Waals surface area (Å²) in [6.45, 7) is 0.496. The molecule has 1 aromatic carbocycles. The van der Waals surface area contributed by atoms with Gasteiger partial charge < -0.3 is 11.1 Å². The van der Waals surface area contributed by atoms with Crippen LogP contribution in [0.3, 0.4) is 0 Å². The maximum Gasteiger partial charge on any atom is 0.226 e. The molecule has 0 aliphatic carbocycles. The lowest BCUT2D eigenvalue weighted by molar-refractivity contribution is -0.120. The van der Waals surface area contributed by atoms with Crippen LogP contribution < -0.4 is 11.1 Å². The summed E-state index contributed by atoms with van der Waals surface area (Å²) in [7, 11) is 0. The number of pyridine rings is 1. The molecule has 3 aromatic rings. The van der Waals surface area contributed by atoms with Gasteiger partial charge in [-0.3, -0.25) is 9.78 Å². The van der Waals surface area contributed by atoms with E-state index in [1.807, 2.05) is 41.8 Å². The molecule has 1 amide bonds. The molecule has 0 saturated carbocycles. The fraction of sp³-hybridized carbons (Fsp3) is 0.118. The van der Waals surface area contributed by atoms with Crippen LogP contribution in [-0.4, -0.2) is 15.9 Å². The second-order valence-electron chi connectivity index (χ2n) is 5.07. The molecule has 0 aliphatic rings.